The van der Waals surface area contributed by atoms with Crippen LogP contribution in [0.15, 0.2) is 18.3 Å². The topological polar surface area (TPSA) is 78.0 Å². The number of hydrogen-bond donors (Lipinski definition) is 0. The molecule has 0 spiro atoms. The largest absolute Gasteiger partial charge is 0.481 e. The molecule has 0 bridgehead atoms. The molecule has 144 valence electrons. The van der Waals surface area contributed by atoms with Gasteiger partial charge in [-0.05, 0) is 45.7 Å². The summed E-state index contributed by atoms with van der Waals surface area (Å²) in [4.78, 5) is 30.7. The molecular formula is C19H28N2O5. The van der Waals surface area contributed by atoms with Crippen LogP contribution in [0.2, 0.25) is 0 Å². The molecule has 7 nitrogen and oxygen atoms in total. The van der Waals surface area contributed by atoms with Gasteiger partial charge < -0.3 is 19.1 Å². The summed E-state index contributed by atoms with van der Waals surface area (Å²) in [6.45, 7) is 8.32. The Labute approximate surface area is 154 Å². The lowest BCUT2D eigenvalue weighted by Gasteiger charge is -2.38. The first-order chi connectivity index (χ1) is 12.2. The van der Waals surface area contributed by atoms with Crippen LogP contribution in [0.25, 0.3) is 0 Å². The van der Waals surface area contributed by atoms with Crippen molar-refractivity contribution in [3.05, 3.63) is 23.9 Å². The molecule has 0 unspecified atom stereocenters. The van der Waals surface area contributed by atoms with E-state index in [1.54, 1.807) is 25.1 Å². The Morgan fingerprint density at radius 1 is 1.35 bits per heavy atom. The molecule has 2 rings (SSSR count). The summed E-state index contributed by atoms with van der Waals surface area (Å²) in [5.41, 5.74) is 0.380. The number of carbonyl (C=O) groups is 2. The van der Waals surface area contributed by atoms with Gasteiger partial charge in [-0.3, -0.25) is 4.79 Å². The van der Waals surface area contributed by atoms with Gasteiger partial charge in [0.05, 0.1) is 19.6 Å². The fourth-order valence-electron chi connectivity index (χ4n) is 3.10. The third kappa shape index (κ3) is 5.09. The second kappa shape index (κ2) is 8.38. The Hall–Kier alpha value is -2.31. The van der Waals surface area contributed by atoms with Crippen molar-refractivity contribution in [1.29, 1.82) is 0 Å². The highest BCUT2D eigenvalue weighted by Crippen LogP contribution is 2.35. The molecule has 1 aromatic rings. The van der Waals surface area contributed by atoms with E-state index in [-0.39, 0.29) is 18.4 Å². The third-order valence-corrected chi connectivity index (χ3v) is 4.25. The van der Waals surface area contributed by atoms with Gasteiger partial charge in [0.15, 0.2) is 0 Å². The summed E-state index contributed by atoms with van der Waals surface area (Å²) in [7, 11) is 1.56. The minimum atomic E-state index is -0.578. The molecule has 2 atom stereocenters. The van der Waals surface area contributed by atoms with Crippen LogP contribution < -0.4 is 4.74 Å². The van der Waals surface area contributed by atoms with Crippen LogP contribution in [0.4, 0.5) is 4.79 Å². The molecule has 26 heavy (non-hydrogen) atoms. The monoisotopic (exact) mass is 364 g/mol. The van der Waals surface area contributed by atoms with Gasteiger partial charge in [0.2, 0.25) is 5.88 Å². The zero-order chi connectivity index (χ0) is 19.3. The van der Waals surface area contributed by atoms with Crippen LogP contribution in [-0.4, -0.2) is 54.4 Å². The predicted molar refractivity (Wildman–Crippen MR) is 96.1 cm³/mol. The number of nitrogens with zero attached hydrogens (tertiary/aromatic N) is 2. The lowest BCUT2D eigenvalue weighted by atomic mass is 9.81. The molecule has 1 amide bonds. The third-order valence-electron chi connectivity index (χ3n) is 4.25. The van der Waals surface area contributed by atoms with E-state index < -0.39 is 17.6 Å². The number of aromatic nitrogens is 1. The number of esters is 1. The number of rotatable bonds is 4. The zero-order valence-corrected chi connectivity index (χ0v) is 16.2. The van der Waals surface area contributed by atoms with E-state index in [4.69, 9.17) is 14.2 Å². The van der Waals surface area contributed by atoms with Crippen molar-refractivity contribution >= 4 is 12.1 Å². The lowest BCUT2D eigenvalue weighted by Crippen LogP contribution is -2.47. The van der Waals surface area contributed by atoms with Crippen molar-refractivity contribution in [1.82, 2.24) is 9.88 Å². The first-order valence-electron chi connectivity index (χ1n) is 8.89. The highest BCUT2D eigenvalue weighted by Gasteiger charge is 2.39. The summed E-state index contributed by atoms with van der Waals surface area (Å²) in [5, 5.41) is 0. The molecule has 1 aliphatic rings. The van der Waals surface area contributed by atoms with E-state index in [9.17, 15) is 9.59 Å². The SMILES string of the molecule is CCOC(=O)[C@H]1CN(C(=O)OC(C)(C)C)CC[C@@H]1c1ccnc(OC)c1. The van der Waals surface area contributed by atoms with E-state index in [2.05, 4.69) is 4.98 Å². The van der Waals surface area contributed by atoms with Gasteiger partial charge >= 0.3 is 12.1 Å². The van der Waals surface area contributed by atoms with Gasteiger partial charge in [0.1, 0.15) is 5.60 Å². The molecule has 0 radical (unpaired) electrons. The normalized spacial score (nSPS) is 20.4. The molecule has 2 heterocycles. The zero-order valence-electron chi connectivity index (χ0n) is 16.2. The Balaban J connectivity index is 2.22. The maximum atomic E-state index is 12.5. The van der Waals surface area contributed by atoms with Crippen molar-refractivity contribution in [3.63, 3.8) is 0 Å². The molecule has 0 aromatic carbocycles. The minimum absolute atomic E-state index is 0.0652. The van der Waals surface area contributed by atoms with Gasteiger partial charge in [0, 0.05) is 31.3 Å². The first-order valence-corrected chi connectivity index (χ1v) is 8.89. The van der Waals surface area contributed by atoms with Crippen LogP contribution in [0.1, 0.15) is 45.6 Å². The van der Waals surface area contributed by atoms with Crippen LogP contribution in [0, 0.1) is 5.92 Å². The van der Waals surface area contributed by atoms with Crippen molar-refractivity contribution in [3.8, 4) is 5.88 Å². The Morgan fingerprint density at radius 2 is 2.08 bits per heavy atom. The number of hydrogen-bond acceptors (Lipinski definition) is 6. The molecule has 1 aromatic heterocycles. The van der Waals surface area contributed by atoms with Crippen molar-refractivity contribution < 1.29 is 23.8 Å². The van der Waals surface area contributed by atoms with Gasteiger partial charge in [-0.25, -0.2) is 9.78 Å². The summed E-state index contributed by atoms with van der Waals surface area (Å²) in [6, 6.07) is 3.71. The molecule has 0 saturated carbocycles. The number of pyridine rings is 1. The maximum absolute atomic E-state index is 12.5. The first kappa shape index (κ1) is 20.0. The highest BCUT2D eigenvalue weighted by atomic mass is 16.6. The number of likely N-dealkylation sites (tertiary alicyclic amines) is 1. The molecule has 7 heteroatoms. The Bertz CT molecular complexity index is 641. The summed E-state index contributed by atoms with van der Waals surface area (Å²) >= 11 is 0. The van der Waals surface area contributed by atoms with Gasteiger partial charge in [-0.15, -0.1) is 0 Å². The number of carbonyl (C=O) groups excluding carboxylic acids is 2. The predicted octanol–water partition coefficient (Wildman–Crippen LogP) is 2.99. The van der Waals surface area contributed by atoms with E-state index in [0.29, 0.717) is 25.5 Å². The fraction of sp³-hybridized carbons (Fsp3) is 0.632. The van der Waals surface area contributed by atoms with Gasteiger partial charge in [0.25, 0.3) is 0 Å². The number of piperidine rings is 1. The standard InChI is InChI=1S/C19H28N2O5/c1-6-25-17(22)15-12-21(18(23)26-19(2,3)4)10-8-14(15)13-7-9-20-16(11-13)24-5/h7,9,11,14-15H,6,8,10,12H2,1-5H3/t14-,15+/m1/s1. The average molecular weight is 364 g/mol. The van der Waals surface area contributed by atoms with Crippen molar-refractivity contribution in [2.45, 2.75) is 45.6 Å². The van der Waals surface area contributed by atoms with Crippen LogP contribution in [0.5, 0.6) is 5.88 Å². The highest BCUT2D eigenvalue weighted by molar-refractivity contribution is 5.76. The van der Waals surface area contributed by atoms with E-state index in [1.165, 1.54) is 0 Å². The molecule has 1 saturated heterocycles. The van der Waals surface area contributed by atoms with Crippen LogP contribution >= 0.6 is 0 Å². The summed E-state index contributed by atoms with van der Waals surface area (Å²) in [6.07, 6.45) is 1.89. The van der Waals surface area contributed by atoms with Crippen molar-refractivity contribution in [2.24, 2.45) is 5.92 Å². The second-order valence-electron chi connectivity index (χ2n) is 7.31. The molecule has 0 N–H and O–H groups in total. The lowest BCUT2D eigenvalue weighted by molar-refractivity contribution is -0.150. The maximum Gasteiger partial charge on any atom is 0.410 e. The quantitative estimate of drug-likeness (QED) is 0.764. The van der Waals surface area contributed by atoms with Gasteiger partial charge in [-0.2, -0.15) is 0 Å². The molecule has 1 aliphatic heterocycles. The van der Waals surface area contributed by atoms with E-state index >= 15 is 0 Å². The number of ether oxygens (including phenoxy) is 3. The second-order valence-corrected chi connectivity index (χ2v) is 7.31. The summed E-state index contributed by atoms with van der Waals surface area (Å²) in [5.74, 6) is -0.325. The van der Waals surface area contributed by atoms with Crippen LogP contribution in [0.3, 0.4) is 0 Å². The molecule has 0 aliphatic carbocycles. The summed E-state index contributed by atoms with van der Waals surface area (Å²) < 4.78 is 15.9. The fourth-order valence-corrected chi connectivity index (χ4v) is 3.10. The smallest absolute Gasteiger partial charge is 0.410 e. The van der Waals surface area contributed by atoms with E-state index in [1.807, 2.05) is 32.9 Å². The Kier molecular flexibility index (Phi) is 6.45. The Morgan fingerprint density at radius 3 is 2.69 bits per heavy atom. The molecular weight excluding hydrogens is 336 g/mol. The number of methoxy groups -OCH3 is 1. The van der Waals surface area contributed by atoms with Crippen LogP contribution in [-0.2, 0) is 14.3 Å². The number of amides is 1. The van der Waals surface area contributed by atoms with Gasteiger partial charge in [-0.1, -0.05) is 0 Å². The van der Waals surface area contributed by atoms with E-state index in [0.717, 1.165) is 5.56 Å². The average Bonchev–Trinajstić information content (AvgIpc) is 2.60. The molecule has 1 fully saturated rings. The van der Waals surface area contributed by atoms with Crippen molar-refractivity contribution in [2.75, 3.05) is 26.8 Å². The minimum Gasteiger partial charge on any atom is -0.481 e.